The number of pyridine rings is 1. The molecule has 0 N–H and O–H groups in total. The standard InChI is InChI=1S/C16H20N3O3/c1-17(2)15(20)11-9-12-13(19(5)10-11)7-6-8-14(12)22-16(21)18(3)4/h6-10H,1-5H3/q+1. The number of benzene rings is 1. The van der Waals surface area contributed by atoms with Gasteiger partial charge in [-0.1, -0.05) is 6.07 Å². The minimum atomic E-state index is -0.459. The number of carbonyl (C=O) groups excluding carboxylic acids is 2. The van der Waals surface area contributed by atoms with E-state index in [1.54, 1.807) is 46.5 Å². The first-order chi connectivity index (χ1) is 10.3. The molecule has 1 heterocycles. The van der Waals surface area contributed by atoms with Gasteiger partial charge >= 0.3 is 6.09 Å². The van der Waals surface area contributed by atoms with E-state index in [1.807, 2.05) is 23.7 Å². The molecule has 0 fully saturated rings. The van der Waals surface area contributed by atoms with Gasteiger partial charge in [0.1, 0.15) is 18.4 Å². The van der Waals surface area contributed by atoms with Crippen LogP contribution in [0.4, 0.5) is 4.79 Å². The van der Waals surface area contributed by atoms with E-state index in [1.165, 1.54) is 9.80 Å². The Morgan fingerprint density at radius 2 is 1.77 bits per heavy atom. The number of ether oxygens (including phenoxy) is 1. The van der Waals surface area contributed by atoms with E-state index in [9.17, 15) is 9.59 Å². The van der Waals surface area contributed by atoms with Crippen LogP contribution in [-0.2, 0) is 7.05 Å². The Hall–Kier alpha value is -2.63. The number of rotatable bonds is 2. The van der Waals surface area contributed by atoms with Gasteiger partial charge in [-0.15, -0.1) is 0 Å². The predicted octanol–water partition coefficient (Wildman–Crippen LogP) is 1.43. The van der Waals surface area contributed by atoms with E-state index in [4.69, 9.17) is 4.74 Å². The van der Waals surface area contributed by atoms with Gasteiger partial charge in [-0.2, -0.15) is 0 Å². The molecule has 6 nitrogen and oxygen atoms in total. The summed E-state index contributed by atoms with van der Waals surface area (Å²) in [5, 5.41) is 0.716. The quantitative estimate of drug-likeness (QED) is 0.789. The summed E-state index contributed by atoms with van der Waals surface area (Å²) in [5.41, 5.74) is 1.41. The van der Waals surface area contributed by atoms with Gasteiger partial charge in [0, 0.05) is 34.3 Å². The summed E-state index contributed by atoms with van der Waals surface area (Å²) in [6, 6.07) is 7.18. The lowest BCUT2D eigenvalue weighted by atomic mass is 10.1. The van der Waals surface area contributed by atoms with Crippen molar-refractivity contribution < 1.29 is 18.9 Å². The third-order valence-electron chi connectivity index (χ3n) is 3.27. The smallest absolute Gasteiger partial charge is 0.409 e. The molecule has 2 amide bonds. The molecule has 0 saturated carbocycles. The fourth-order valence-electron chi connectivity index (χ4n) is 2.11. The van der Waals surface area contributed by atoms with Crippen molar-refractivity contribution in [3.8, 4) is 5.75 Å². The molecule has 0 aliphatic carbocycles. The summed E-state index contributed by atoms with van der Waals surface area (Å²) in [4.78, 5) is 26.8. The first-order valence-corrected chi connectivity index (χ1v) is 6.84. The second kappa shape index (κ2) is 6.01. The fraction of sp³-hybridized carbons (Fsp3) is 0.312. The van der Waals surface area contributed by atoms with Crippen LogP contribution < -0.4 is 9.30 Å². The number of hydrogen-bond acceptors (Lipinski definition) is 3. The molecule has 0 radical (unpaired) electrons. The maximum atomic E-state index is 12.2. The van der Waals surface area contributed by atoms with Crippen molar-refractivity contribution in [2.45, 2.75) is 0 Å². The van der Waals surface area contributed by atoms with Gasteiger partial charge in [-0.25, -0.2) is 9.36 Å². The lowest BCUT2D eigenvalue weighted by Gasteiger charge is -2.13. The average Bonchev–Trinajstić information content (AvgIpc) is 2.46. The number of aromatic nitrogens is 1. The van der Waals surface area contributed by atoms with Gasteiger partial charge in [0.05, 0.1) is 5.39 Å². The summed E-state index contributed by atoms with van der Waals surface area (Å²) < 4.78 is 7.23. The van der Waals surface area contributed by atoms with E-state index < -0.39 is 6.09 Å². The first kappa shape index (κ1) is 15.8. The van der Waals surface area contributed by atoms with Crippen LogP contribution in [0, 0.1) is 0 Å². The maximum absolute atomic E-state index is 12.2. The zero-order valence-electron chi connectivity index (χ0n) is 13.5. The molecule has 0 spiro atoms. The largest absolute Gasteiger partial charge is 0.414 e. The second-order valence-electron chi connectivity index (χ2n) is 5.49. The average molecular weight is 302 g/mol. The topological polar surface area (TPSA) is 53.7 Å². The number of hydrogen-bond donors (Lipinski definition) is 0. The monoisotopic (exact) mass is 302 g/mol. The zero-order valence-corrected chi connectivity index (χ0v) is 13.5. The molecule has 0 aliphatic rings. The highest BCUT2D eigenvalue weighted by molar-refractivity contribution is 5.97. The molecule has 2 rings (SSSR count). The minimum absolute atomic E-state index is 0.105. The van der Waals surface area contributed by atoms with E-state index in [-0.39, 0.29) is 5.91 Å². The number of aryl methyl sites for hydroxylation is 1. The Morgan fingerprint density at radius 1 is 1.09 bits per heavy atom. The van der Waals surface area contributed by atoms with Crippen molar-refractivity contribution in [2.75, 3.05) is 28.2 Å². The van der Waals surface area contributed by atoms with Crippen LogP contribution in [0.3, 0.4) is 0 Å². The van der Waals surface area contributed by atoms with E-state index in [0.29, 0.717) is 16.7 Å². The molecule has 0 saturated heterocycles. The Labute approximate surface area is 129 Å². The maximum Gasteiger partial charge on any atom is 0.414 e. The molecule has 0 unspecified atom stereocenters. The third-order valence-corrected chi connectivity index (χ3v) is 3.27. The van der Waals surface area contributed by atoms with Gasteiger partial charge in [-0.05, 0) is 12.1 Å². The van der Waals surface area contributed by atoms with Crippen molar-refractivity contribution in [1.82, 2.24) is 9.80 Å². The van der Waals surface area contributed by atoms with Crippen LogP contribution in [0.5, 0.6) is 5.75 Å². The van der Waals surface area contributed by atoms with Crippen molar-refractivity contribution in [3.05, 3.63) is 36.0 Å². The van der Waals surface area contributed by atoms with Crippen molar-refractivity contribution in [2.24, 2.45) is 7.05 Å². The normalized spacial score (nSPS) is 10.4. The Kier molecular flexibility index (Phi) is 4.30. The Morgan fingerprint density at radius 3 is 2.36 bits per heavy atom. The molecule has 22 heavy (non-hydrogen) atoms. The highest BCUT2D eigenvalue weighted by atomic mass is 16.6. The van der Waals surface area contributed by atoms with Crippen LogP contribution >= 0.6 is 0 Å². The fourth-order valence-corrected chi connectivity index (χ4v) is 2.11. The summed E-state index contributed by atoms with van der Waals surface area (Å²) >= 11 is 0. The van der Waals surface area contributed by atoms with Crippen LogP contribution in [0.15, 0.2) is 30.5 Å². The molecule has 6 heteroatoms. The highest BCUT2D eigenvalue weighted by Gasteiger charge is 2.19. The number of fused-ring (bicyclic) bond motifs is 1. The van der Waals surface area contributed by atoms with Crippen LogP contribution in [0.2, 0.25) is 0 Å². The Balaban J connectivity index is 2.59. The van der Waals surface area contributed by atoms with Crippen molar-refractivity contribution in [3.63, 3.8) is 0 Å². The summed E-state index contributed by atoms with van der Waals surface area (Å²) in [5.74, 6) is 0.325. The lowest BCUT2D eigenvalue weighted by molar-refractivity contribution is -0.645. The van der Waals surface area contributed by atoms with Crippen LogP contribution in [-0.4, -0.2) is 50.0 Å². The molecule has 1 aromatic heterocycles. The predicted molar refractivity (Wildman–Crippen MR) is 82.9 cm³/mol. The summed E-state index contributed by atoms with van der Waals surface area (Å²) in [7, 11) is 8.49. The van der Waals surface area contributed by atoms with E-state index >= 15 is 0 Å². The lowest BCUT2D eigenvalue weighted by Crippen LogP contribution is -2.32. The van der Waals surface area contributed by atoms with Crippen molar-refractivity contribution in [1.29, 1.82) is 0 Å². The minimum Gasteiger partial charge on any atom is -0.409 e. The molecule has 116 valence electrons. The van der Waals surface area contributed by atoms with E-state index in [0.717, 1.165) is 5.52 Å². The number of nitrogens with zero attached hydrogens (tertiary/aromatic N) is 3. The Bertz CT molecular complexity index is 739. The molecule has 1 aromatic carbocycles. The zero-order chi connectivity index (χ0) is 16.4. The van der Waals surface area contributed by atoms with Gasteiger partial charge in [0.25, 0.3) is 5.91 Å². The molecule has 0 atom stereocenters. The second-order valence-corrected chi connectivity index (χ2v) is 5.49. The number of carbonyl (C=O) groups is 2. The van der Waals surface area contributed by atoms with Crippen LogP contribution in [0.1, 0.15) is 10.4 Å². The molecular weight excluding hydrogens is 282 g/mol. The van der Waals surface area contributed by atoms with Crippen LogP contribution in [0.25, 0.3) is 10.9 Å². The molecule has 0 bridgehead atoms. The first-order valence-electron chi connectivity index (χ1n) is 6.84. The van der Waals surface area contributed by atoms with Gasteiger partial charge in [-0.3, -0.25) is 4.79 Å². The van der Waals surface area contributed by atoms with Gasteiger partial charge < -0.3 is 14.5 Å². The molecule has 0 aliphatic heterocycles. The molecular formula is C16H20N3O3+. The van der Waals surface area contributed by atoms with E-state index in [2.05, 4.69) is 0 Å². The summed E-state index contributed by atoms with van der Waals surface area (Å²) in [6.07, 6.45) is 1.31. The van der Waals surface area contributed by atoms with Gasteiger partial charge in [0.2, 0.25) is 5.52 Å². The van der Waals surface area contributed by atoms with Gasteiger partial charge in [0.15, 0.2) is 6.20 Å². The third kappa shape index (κ3) is 3.00. The summed E-state index contributed by atoms with van der Waals surface area (Å²) in [6.45, 7) is 0. The van der Waals surface area contributed by atoms with Crippen molar-refractivity contribution >= 4 is 22.9 Å². The SMILES string of the molecule is CN(C)C(=O)Oc1cccc2c1cc(C(=O)N(C)C)c[n+]2C. The number of amides is 2. The molecule has 2 aromatic rings. The highest BCUT2D eigenvalue weighted by Crippen LogP contribution is 2.25.